The van der Waals surface area contributed by atoms with E-state index in [1.165, 1.54) is 6.07 Å². The van der Waals surface area contributed by atoms with Crippen LogP contribution in [0.2, 0.25) is 5.02 Å². The average molecular weight is 283 g/mol. The van der Waals surface area contributed by atoms with Gasteiger partial charge in [-0.3, -0.25) is 4.79 Å². The van der Waals surface area contributed by atoms with Crippen LogP contribution in [0.25, 0.3) is 0 Å². The van der Waals surface area contributed by atoms with Gasteiger partial charge in [0.1, 0.15) is 5.82 Å². The quantitative estimate of drug-likeness (QED) is 0.903. The van der Waals surface area contributed by atoms with Crippen molar-refractivity contribution in [2.75, 3.05) is 13.1 Å². The van der Waals surface area contributed by atoms with Gasteiger partial charge in [-0.15, -0.1) is 0 Å². The minimum atomic E-state index is -0.314. The van der Waals surface area contributed by atoms with Crippen LogP contribution in [0.15, 0.2) is 18.2 Å². The third-order valence-corrected chi connectivity index (χ3v) is 4.34. The molecule has 1 saturated carbocycles. The van der Waals surface area contributed by atoms with Crippen LogP contribution < -0.4 is 5.73 Å². The second kappa shape index (κ2) is 4.76. The minimum absolute atomic E-state index is 0.0713. The second-order valence-corrected chi connectivity index (χ2v) is 5.82. The van der Waals surface area contributed by atoms with Gasteiger partial charge in [-0.2, -0.15) is 0 Å². The van der Waals surface area contributed by atoms with E-state index in [9.17, 15) is 9.18 Å². The molecule has 102 valence electrons. The average Bonchev–Trinajstić information content (AvgIpc) is 3.02. The molecule has 5 heteroatoms. The van der Waals surface area contributed by atoms with E-state index in [1.807, 2.05) is 0 Å². The van der Waals surface area contributed by atoms with E-state index in [0.717, 1.165) is 6.42 Å². The van der Waals surface area contributed by atoms with Gasteiger partial charge in [0, 0.05) is 41.6 Å². The highest BCUT2D eigenvalue weighted by atomic mass is 35.5. The summed E-state index contributed by atoms with van der Waals surface area (Å²) < 4.78 is 13.8. The number of nitrogens with zero attached hydrogens (tertiary/aromatic N) is 1. The summed E-state index contributed by atoms with van der Waals surface area (Å²) in [4.78, 5) is 14.1. The van der Waals surface area contributed by atoms with E-state index in [1.54, 1.807) is 17.0 Å². The SMILES string of the molecule is N[C@@H]1CCN(C(=O)[C@H]2C[C@H]2c2c(F)cccc2Cl)C1. The highest BCUT2D eigenvalue weighted by Gasteiger charge is 2.48. The minimum Gasteiger partial charge on any atom is -0.341 e. The number of benzene rings is 1. The Bertz CT molecular complexity index is 502. The Kier molecular flexibility index (Phi) is 3.23. The van der Waals surface area contributed by atoms with E-state index >= 15 is 0 Å². The monoisotopic (exact) mass is 282 g/mol. The standard InChI is InChI=1S/C14H16ClFN2O/c15-11-2-1-3-12(16)13(11)9-6-10(9)14(19)18-5-4-8(17)7-18/h1-3,8-10H,4-7,17H2/t8-,9-,10+/m1/s1. The summed E-state index contributed by atoms with van der Waals surface area (Å²) in [7, 11) is 0. The van der Waals surface area contributed by atoms with Crippen molar-refractivity contribution in [2.45, 2.75) is 24.8 Å². The Morgan fingerprint density at radius 3 is 2.89 bits per heavy atom. The topological polar surface area (TPSA) is 46.3 Å². The molecule has 2 fully saturated rings. The Morgan fingerprint density at radius 2 is 2.26 bits per heavy atom. The van der Waals surface area contributed by atoms with Gasteiger partial charge in [0.05, 0.1) is 0 Å². The fourth-order valence-electron chi connectivity index (χ4n) is 2.87. The van der Waals surface area contributed by atoms with Gasteiger partial charge in [0.15, 0.2) is 0 Å². The number of carbonyl (C=O) groups is 1. The van der Waals surface area contributed by atoms with E-state index in [-0.39, 0.29) is 29.6 Å². The number of halogens is 2. The molecule has 1 aliphatic carbocycles. The predicted octanol–water partition coefficient (Wildman–Crippen LogP) is 2.14. The summed E-state index contributed by atoms with van der Waals surface area (Å²) in [6.07, 6.45) is 1.54. The van der Waals surface area contributed by atoms with Crippen molar-refractivity contribution in [3.05, 3.63) is 34.6 Å². The normalized spacial score (nSPS) is 29.6. The Balaban J connectivity index is 1.72. The first-order chi connectivity index (χ1) is 9.08. The van der Waals surface area contributed by atoms with Gasteiger partial charge >= 0.3 is 0 Å². The summed E-state index contributed by atoms with van der Waals surface area (Å²) in [6, 6.07) is 4.73. The van der Waals surface area contributed by atoms with Crippen LogP contribution in [0.1, 0.15) is 24.3 Å². The Labute approximate surface area is 116 Å². The summed E-state index contributed by atoms with van der Waals surface area (Å²) in [5.41, 5.74) is 6.29. The van der Waals surface area contributed by atoms with Gasteiger partial charge in [0.2, 0.25) is 5.91 Å². The maximum atomic E-state index is 13.8. The van der Waals surface area contributed by atoms with Gasteiger partial charge < -0.3 is 10.6 Å². The number of nitrogens with two attached hydrogens (primary N) is 1. The molecule has 3 nitrogen and oxygen atoms in total. The maximum Gasteiger partial charge on any atom is 0.226 e. The number of likely N-dealkylation sites (tertiary alicyclic amines) is 1. The lowest BCUT2D eigenvalue weighted by molar-refractivity contribution is -0.131. The molecule has 0 aromatic heterocycles. The zero-order valence-electron chi connectivity index (χ0n) is 10.5. The maximum absolute atomic E-state index is 13.8. The molecule has 0 spiro atoms. The zero-order chi connectivity index (χ0) is 13.6. The third-order valence-electron chi connectivity index (χ3n) is 4.01. The Hall–Kier alpha value is -1.13. The Morgan fingerprint density at radius 1 is 1.47 bits per heavy atom. The second-order valence-electron chi connectivity index (χ2n) is 5.42. The van der Waals surface area contributed by atoms with E-state index < -0.39 is 0 Å². The summed E-state index contributed by atoms with van der Waals surface area (Å²) >= 11 is 6.03. The molecule has 1 saturated heterocycles. The molecule has 0 unspecified atom stereocenters. The molecular weight excluding hydrogens is 267 g/mol. The number of carbonyl (C=O) groups excluding carboxylic acids is 1. The van der Waals surface area contributed by atoms with Gasteiger partial charge in [-0.1, -0.05) is 17.7 Å². The summed E-state index contributed by atoms with van der Waals surface area (Å²) in [6.45, 7) is 1.33. The molecule has 3 atom stereocenters. The lowest BCUT2D eigenvalue weighted by atomic mass is 10.1. The van der Waals surface area contributed by atoms with Crippen molar-refractivity contribution < 1.29 is 9.18 Å². The summed E-state index contributed by atoms with van der Waals surface area (Å²) in [5, 5.41) is 0.415. The first-order valence-electron chi connectivity index (χ1n) is 6.56. The zero-order valence-corrected chi connectivity index (χ0v) is 11.2. The van der Waals surface area contributed by atoms with Crippen LogP contribution in [0.3, 0.4) is 0 Å². The van der Waals surface area contributed by atoms with Crippen LogP contribution in [-0.4, -0.2) is 29.9 Å². The predicted molar refractivity (Wildman–Crippen MR) is 71.4 cm³/mol. The van der Waals surface area contributed by atoms with E-state index in [0.29, 0.717) is 30.1 Å². The molecule has 2 N–H and O–H groups in total. The molecule has 19 heavy (non-hydrogen) atoms. The van der Waals surface area contributed by atoms with Crippen LogP contribution >= 0.6 is 11.6 Å². The van der Waals surface area contributed by atoms with Crippen molar-refractivity contribution in [2.24, 2.45) is 11.7 Å². The lowest BCUT2D eigenvalue weighted by Crippen LogP contribution is -2.33. The highest BCUT2D eigenvalue weighted by molar-refractivity contribution is 6.31. The summed E-state index contributed by atoms with van der Waals surface area (Å²) in [5.74, 6) is -0.416. The number of rotatable bonds is 2. The molecular formula is C14H16ClFN2O. The highest BCUT2D eigenvalue weighted by Crippen LogP contribution is 2.51. The molecule has 0 radical (unpaired) electrons. The molecule has 2 aliphatic rings. The molecule has 1 aliphatic heterocycles. The molecule has 1 aromatic rings. The van der Waals surface area contributed by atoms with Gasteiger partial charge in [-0.05, 0) is 25.0 Å². The molecule has 3 rings (SSSR count). The number of hydrogen-bond donors (Lipinski definition) is 1. The van der Waals surface area contributed by atoms with Crippen molar-refractivity contribution in [3.8, 4) is 0 Å². The largest absolute Gasteiger partial charge is 0.341 e. The third kappa shape index (κ3) is 2.35. The number of hydrogen-bond acceptors (Lipinski definition) is 2. The molecule has 0 bridgehead atoms. The van der Waals surface area contributed by atoms with E-state index in [4.69, 9.17) is 17.3 Å². The molecule has 1 aromatic carbocycles. The lowest BCUT2D eigenvalue weighted by Gasteiger charge is -2.16. The van der Waals surface area contributed by atoms with Crippen LogP contribution in [0, 0.1) is 11.7 Å². The van der Waals surface area contributed by atoms with E-state index in [2.05, 4.69) is 0 Å². The molecule has 1 heterocycles. The fraction of sp³-hybridized carbons (Fsp3) is 0.500. The van der Waals surface area contributed by atoms with Crippen molar-refractivity contribution in [3.63, 3.8) is 0 Å². The first kappa shape index (κ1) is 12.9. The smallest absolute Gasteiger partial charge is 0.226 e. The van der Waals surface area contributed by atoms with Crippen LogP contribution in [-0.2, 0) is 4.79 Å². The van der Waals surface area contributed by atoms with Crippen LogP contribution in [0.5, 0.6) is 0 Å². The first-order valence-corrected chi connectivity index (χ1v) is 6.94. The van der Waals surface area contributed by atoms with Crippen molar-refractivity contribution in [1.82, 2.24) is 4.90 Å². The van der Waals surface area contributed by atoms with Gasteiger partial charge in [-0.25, -0.2) is 4.39 Å². The fourth-order valence-corrected chi connectivity index (χ4v) is 3.18. The van der Waals surface area contributed by atoms with Crippen molar-refractivity contribution in [1.29, 1.82) is 0 Å². The number of amides is 1. The van der Waals surface area contributed by atoms with Crippen LogP contribution in [0.4, 0.5) is 4.39 Å². The molecule has 1 amide bonds. The van der Waals surface area contributed by atoms with Gasteiger partial charge in [0.25, 0.3) is 0 Å². The van der Waals surface area contributed by atoms with Crippen molar-refractivity contribution >= 4 is 17.5 Å².